The first kappa shape index (κ1) is 15.6. The van der Waals surface area contributed by atoms with E-state index in [9.17, 15) is 4.79 Å². The first-order valence-electron chi connectivity index (χ1n) is 6.52. The van der Waals surface area contributed by atoms with E-state index in [1.807, 2.05) is 11.5 Å². The number of hydrogen-bond donors (Lipinski definition) is 1. The minimum atomic E-state index is -0.200. The summed E-state index contributed by atoms with van der Waals surface area (Å²) in [7, 11) is 1.58. The summed E-state index contributed by atoms with van der Waals surface area (Å²) in [4.78, 5) is 12.1. The van der Waals surface area contributed by atoms with Crippen molar-refractivity contribution in [2.75, 3.05) is 19.0 Å². The highest BCUT2D eigenvalue weighted by Gasteiger charge is 2.10. The molecule has 0 radical (unpaired) electrons. The lowest BCUT2D eigenvalue weighted by Crippen LogP contribution is -2.26. The summed E-state index contributed by atoms with van der Waals surface area (Å²) in [6.45, 7) is 4.13. The van der Waals surface area contributed by atoms with E-state index in [4.69, 9.17) is 4.74 Å². The molecule has 0 amide bonds. The lowest BCUT2D eigenvalue weighted by atomic mass is 10.4. The van der Waals surface area contributed by atoms with E-state index in [-0.39, 0.29) is 5.56 Å². The third kappa shape index (κ3) is 3.67. The molecule has 0 bridgehead atoms. The average molecular weight is 357 g/mol. The molecular formula is C12H17BrN6O2. The zero-order valence-corrected chi connectivity index (χ0v) is 13.5. The van der Waals surface area contributed by atoms with E-state index in [0.29, 0.717) is 29.9 Å². The highest BCUT2D eigenvalue weighted by Crippen LogP contribution is 2.16. The molecule has 9 heteroatoms. The Bertz CT molecular complexity index is 653. The van der Waals surface area contributed by atoms with Gasteiger partial charge in [-0.25, -0.2) is 4.68 Å². The van der Waals surface area contributed by atoms with Gasteiger partial charge in [0, 0.05) is 13.7 Å². The van der Waals surface area contributed by atoms with Crippen LogP contribution in [0.5, 0.6) is 0 Å². The zero-order valence-electron chi connectivity index (χ0n) is 11.9. The van der Waals surface area contributed by atoms with Crippen molar-refractivity contribution in [2.45, 2.75) is 26.6 Å². The summed E-state index contributed by atoms with van der Waals surface area (Å²) in [5, 5.41) is 15.1. The van der Waals surface area contributed by atoms with Crippen molar-refractivity contribution in [3.05, 3.63) is 33.2 Å². The summed E-state index contributed by atoms with van der Waals surface area (Å²) in [5.41, 5.74) is 0.424. The second-order valence-electron chi connectivity index (χ2n) is 4.28. The van der Waals surface area contributed by atoms with Crippen LogP contribution in [0.25, 0.3) is 0 Å². The van der Waals surface area contributed by atoms with Gasteiger partial charge in [-0.05, 0) is 22.9 Å². The molecule has 2 heterocycles. The summed E-state index contributed by atoms with van der Waals surface area (Å²) >= 11 is 3.30. The lowest BCUT2D eigenvalue weighted by molar-refractivity contribution is 0.181. The normalized spacial score (nSPS) is 10.8. The van der Waals surface area contributed by atoms with Gasteiger partial charge >= 0.3 is 0 Å². The highest BCUT2D eigenvalue weighted by molar-refractivity contribution is 9.10. The zero-order chi connectivity index (χ0) is 15.2. The van der Waals surface area contributed by atoms with Gasteiger partial charge in [0.15, 0.2) is 5.82 Å². The minimum Gasteiger partial charge on any atom is -0.383 e. The van der Waals surface area contributed by atoms with Crippen molar-refractivity contribution in [2.24, 2.45) is 0 Å². The highest BCUT2D eigenvalue weighted by atomic mass is 79.9. The summed E-state index contributed by atoms with van der Waals surface area (Å²) < 4.78 is 8.66. The van der Waals surface area contributed by atoms with Crippen LogP contribution in [0.2, 0.25) is 0 Å². The number of nitrogens with one attached hydrogen (secondary N) is 1. The van der Waals surface area contributed by atoms with Crippen LogP contribution in [0.15, 0.2) is 21.8 Å². The molecule has 0 saturated heterocycles. The van der Waals surface area contributed by atoms with Crippen molar-refractivity contribution in [1.82, 2.24) is 24.5 Å². The Balaban J connectivity index is 2.11. The molecule has 2 aromatic rings. The van der Waals surface area contributed by atoms with Crippen LogP contribution < -0.4 is 10.9 Å². The van der Waals surface area contributed by atoms with Crippen molar-refractivity contribution < 1.29 is 4.74 Å². The van der Waals surface area contributed by atoms with E-state index in [2.05, 4.69) is 36.5 Å². The standard InChI is InChI=1S/C12H17BrN6O2/c1-3-18-8-15-17-10(18)7-14-9-6-16-19(4-5-21-2)12(20)11(9)13/h6,8,14H,3-5,7H2,1-2H3. The fourth-order valence-corrected chi connectivity index (χ4v) is 2.23. The van der Waals surface area contributed by atoms with Crippen LogP contribution in [0, 0.1) is 0 Å². The van der Waals surface area contributed by atoms with Gasteiger partial charge in [0.2, 0.25) is 0 Å². The third-order valence-electron chi connectivity index (χ3n) is 2.97. The van der Waals surface area contributed by atoms with E-state index in [1.165, 1.54) is 4.68 Å². The maximum absolute atomic E-state index is 12.1. The van der Waals surface area contributed by atoms with Gasteiger partial charge in [-0.15, -0.1) is 10.2 Å². The van der Waals surface area contributed by atoms with E-state index in [0.717, 1.165) is 12.4 Å². The van der Waals surface area contributed by atoms with Crippen LogP contribution in [-0.2, 0) is 24.4 Å². The number of aryl methyl sites for hydroxylation is 1. The fraction of sp³-hybridized carbons (Fsp3) is 0.500. The molecule has 0 aliphatic carbocycles. The number of methoxy groups -OCH3 is 1. The van der Waals surface area contributed by atoms with Crippen LogP contribution >= 0.6 is 15.9 Å². The Hall–Kier alpha value is -1.74. The Kier molecular flexibility index (Phi) is 5.45. The summed E-state index contributed by atoms with van der Waals surface area (Å²) in [6, 6.07) is 0. The fourth-order valence-electron chi connectivity index (χ4n) is 1.78. The quantitative estimate of drug-likeness (QED) is 0.792. The van der Waals surface area contributed by atoms with Gasteiger partial charge in [0.05, 0.1) is 31.6 Å². The maximum Gasteiger partial charge on any atom is 0.283 e. The van der Waals surface area contributed by atoms with Crippen LogP contribution in [0.4, 0.5) is 5.69 Å². The average Bonchev–Trinajstić information content (AvgIpc) is 2.95. The molecule has 0 aromatic carbocycles. The molecule has 0 fully saturated rings. The molecule has 21 heavy (non-hydrogen) atoms. The number of rotatable bonds is 7. The Morgan fingerprint density at radius 3 is 3.00 bits per heavy atom. The van der Waals surface area contributed by atoms with Gasteiger partial charge in [-0.3, -0.25) is 4.79 Å². The van der Waals surface area contributed by atoms with Crippen LogP contribution in [-0.4, -0.2) is 38.3 Å². The second kappa shape index (κ2) is 7.32. The molecule has 0 atom stereocenters. The van der Waals surface area contributed by atoms with E-state index in [1.54, 1.807) is 19.6 Å². The molecule has 8 nitrogen and oxygen atoms in total. The van der Waals surface area contributed by atoms with Crippen molar-refractivity contribution in [3.8, 4) is 0 Å². The number of ether oxygens (including phenoxy) is 1. The largest absolute Gasteiger partial charge is 0.383 e. The summed E-state index contributed by atoms with van der Waals surface area (Å²) in [5.74, 6) is 0.799. The molecule has 0 saturated carbocycles. The van der Waals surface area contributed by atoms with Crippen LogP contribution in [0.1, 0.15) is 12.7 Å². The molecule has 0 unspecified atom stereocenters. The van der Waals surface area contributed by atoms with E-state index < -0.39 is 0 Å². The van der Waals surface area contributed by atoms with Crippen LogP contribution in [0.3, 0.4) is 0 Å². The monoisotopic (exact) mass is 356 g/mol. The Morgan fingerprint density at radius 2 is 2.29 bits per heavy atom. The number of hydrogen-bond acceptors (Lipinski definition) is 6. The lowest BCUT2D eigenvalue weighted by Gasteiger charge is -2.10. The number of halogens is 1. The minimum absolute atomic E-state index is 0.200. The summed E-state index contributed by atoms with van der Waals surface area (Å²) in [6.07, 6.45) is 3.28. The predicted molar refractivity (Wildman–Crippen MR) is 81.1 cm³/mol. The van der Waals surface area contributed by atoms with Crippen molar-refractivity contribution >= 4 is 21.6 Å². The molecule has 0 aliphatic heterocycles. The van der Waals surface area contributed by atoms with Gasteiger partial charge in [-0.2, -0.15) is 5.10 Å². The molecule has 0 spiro atoms. The SMILES string of the molecule is CCn1cnnc1CNc1cnn(CCOC)c(=O)c1Br. The predicted octanol–water partition coefficient (Wildman–Crippen LogP) is 0.876. The number of aromatic nitrogens is 5. The molecule has 2 rings (SSSR count). The Morgan fingerprint density at radius 1 is 1.48 bits per heavy atom. The first-order chi connectivity index (χ1) is 10.2. The number of nitrogens with zero attached hydrogens (tertiary/aromatic N) is 5. The van der Waals surface area contributed by atoms with Gasteiger partial charge in [0.25, 0.3) is 5.56 Å². The van der Waals surface area contributed by atoms with Gasteiger partial charge in [-0.1, -0.05) is 0 Å². The Labute approximate surface area is 130 Å². The second-order valence-corrected chi connectivity index (χ2v) is 5.07. The van der Waals surface area contributed by atoms with E-state index >= 15 is 0 Å². The molecule has 114 valence electrons. The smallest absolute Gasteiger partial charge is 0.283 e. The van der Waals surface area contributed by atoms with Crippen molar-refractivity contribution in [1.29, 1.82) is 0 Å². The van der Waals surface area contributed by atoms with Crippen molar-refractivity contribution in [3.63, 3.8) is 0 Å². The third-order valence-corrected chi connectivity index (χ3v) is 3.73. The van der Waals surface area contributed by atoms with Gasteiger partial charge in [0.1, 0.15) is 10.8 Å². The molecule has 2 aromatic heterocycles. The topological polar surface area (TPSA) is 86.9 Å². The molecule has 0 aliphatic rings. The maximum atomic E-state index is 12.1. The molecule has 1 N–H and O–H groups in total. The van der Waals surface area contributed by atoms with Gasteiger partial charge < -0.3 is 14.6 Å². The first-order valence-corrected chi connectivity index (χ1v) is 7.31. The number of anilines is 1. The molecular weight excluding hydrogens is 340 g/mol.